The number of hydrogen-bond donors (Lipinski definition) is 1. The summed E-state index contributed by atoms with van der Waals surface area (Å²) < 4.78 is 5.07. The summed E-state index contributed by atoms with van der Waals surface area (Å²) in [5.41, 5.74) is 7.31. The van der Waals surface area contributed by atoms with E-state index in [0.717, 1.165) is 24.2 Å². The zero-order valence-electron chi connectivity index (χ0n) is 8.42. The fourth-order valence-electron chi connectivity index (χ4n) is 1.93. The normalized spacial score (nSPS) is 20.3. The van der Waals surface area contributed by atoms with Crippen molar-refractivity contribution in [3.8, 4) is 0 Å². The lowest BCUT2D eigenvalue weighted by Crippen LogP contribution is -2.43. The van der Waals surface area contributed by atoms with Crippen molar-refractivity contribution in [2.75, 3.05) is 0 Å². The molecule has 0 bridgehead atoms. The highest BCUT2D eigenvalue weighted by molar-refractivity contribution is 5.32. The Morgan fingerprint density at radius 3 is 2.54 bits per heavy atom. The first-order valence-corrected chi connectivity index (χ1v) is 4.68. The summed E-state index contributed by atoms with van der Waals surface area (Å²) in [4.78, 5) is 0. The first kappa shape index (κ1) is 8.75. The van der Waals surface area contributed by atoms with E-state index in [0.29, 0.717) is 0 Å². The summed E-state index contributed by atoms with van der Waals surface area (Å²) in [6, 6.07) is 0. The lowest BCUT2D eigenvalue weighted by Gasteiger charge is -2.31. The van der Waals surface area contributed by atoms with Crippen molar-refractivity contribution >= 4 is 0 Å². The highest BCUT2D eigenvalue weighted by atomic mass is 16.5. The molecule has 3 nitrogen and oxygen atoms in total. The molecule has 2 rings (SSSR count). The van der Waals surface area contributed by atoms with Gasteiger partial charge in [0.1, 0.15) is 5.76 Å². The van der Waals surface area contributed by atoms with Crippen molar-refractivity contribution in [1.29, 1.82) is 0 Å². The van der Waals surface area contributed by atoms with Gasteiger partial charge < -0.3 is 10.3 Å². The number of hydrogen-bond acceptors (Lipinski definition) is 3. The molecule has 13 heavy (non-hydrogen) atoms. The van der Waals surface area contributed by atoms with Crippen LogP contribution in [0.25, 0.3) is 0 Å². The Morgan fingerprint density at radius 2 is 2.15 bits per heavy atom. The fraction of sp³-hybridized carbons (Fsp3) is 0.700. The maximum Gasteiger partial charge on any atom is 0.137 e. The molecule has 1 fully saturated rings. The Kier molecular flexibility index (Phi) is 1.58. The number of rotatable bonds is 2. The van der Waals surface area contributed by atoms with Crippen LogP contribution in [-0.4, -0.2) is 10.7 Å². The molecule has 1 aromatic rings. The standard InChI is InChI=1S/C10H16N2O/c1-7-8(6-12-13-7)9(2,3)10(11)4-5-10/h6H,4-5,11H2,1-3H3. The smallest absolute Gasteiger partial charge is 0.137 e. The predicted octanol–water partition coefficient (Wildman–Crippen LogP) is 1.75. The average molecular weight is 180 g/mol. The highest BCUT2D eigenvalue weighted by Crippen LogP contribution is 2.49. The molecule has 0 amide bonds. The molecular weight excluding hydrogens is 164 g/mol. The number of nitrogens with two attached hydrogens (primary N) is 1. The molecule has 0 atom stereocenters. The Balaban J connectivity index is 2.40. The van der Waals surface area contributed by atoms with E-state index >= 15 is 0 Å². The zero-order chi connectivity index (χ0) is 9.69. The van der Waals surface area contributed by atoms with Gasteiger partial charge in [0, 0.05) is 16.5 Å². The van der Waals surface area contributed by atoms with Crippen molar-refractivity contribution < 1.29 is 4.52 Å². The molecule has 0 unspecified atom stereocenters. The van der Waals surface area contributed by atoms with Crippen molar-refractivity contribution in [2.24, 2.45) is 5.73 Å². The molecule has 72 valence electrons. The number of aryl methyl sites for hydroxylation is 1. The maximum atomic E-state index is 6.22. The summed E-state index contributed by atoms with van der Waals surface area (Å²) in [6.45, 7) is 6.27. The van der Waals surface area contributed by atoms with Crippen molar-refractivity contribution in [1.82, 2.24) is 5.16 Å². The SMILES string of the molecule is Cc1oncc1C(C)(C)C1(N)CC1. The van der Waals surface area contributed by atoms with Crippen LogP contribution >= 0.6 is 0 Å². The minimum atomic E-state index is -0.0384. The van der Waals surface area contributed by atoms with Gasteiger partial charge in [-0.1, -0.05) is 19.0 Å². The van der Waals surface area contributed by atoms with E-state index in [1.807, 2.05) is 6.92 Å². The van der Waals surface area contributed by atoms with Crippen LogP contribution in [0.2, 0.25) is 0 Å². The van der Waals surface area contributed by atoms with E-state index in [1.165, 1.54) is 0 Å². The summed E-state index contributed by atoms with van der Waals surface area (Å²) in [5.74, 6) is 0.890. The molecule has 1 aromatic heterocycles. The van der Waals surface area contributed by atoms with Gasteiger partial charge in [0.25, 0.3) is 0 Å². The number of aromatic nitrogens is 1. The summed E-state index contributed by atoms with van der Waals surface area (Å²) in [5, 5.41) is 3.80. The lowest BCUT2D eigenvalue weighted by molar-refractivity contribution is 0.367. The molecule has 0 spiro atoms. The van der Waals surface area contributed by atoms with E-state index in [1.54, 1.807) is 6.20 Å². The van der Waals surface area contributed by atoms with Crippen LogP contribution in [-0.2, 0) is 5.41 Å². The molecular formula is C10H16N2O. The number of nitrogens with zero attached hydrogens (tertiary/aromatic N) is 1. The van der Waals surface area contributed by atoms with Gasteiger partial charge in [-0.3, -0.25) is 0 Å². The van der Waals surface area contributed by atoms with E-state index < -0.39 is 0 Å². The van der Waals surface area contributed by atoms with Crippen LogP contribution in [0, 0.1) is 6.92 Å². The van der Waals surface area contributed by atoms with Gasteiger partial charge in [-0.05, 0) is 19.8 Å². The van der Waals surface area contributed by atoms with Crippen LogP contribution in [0.1, 0.15) is 38.0 Å². The van der Waals surface area contributed by atoms with Crippen LogP contribution < -0.4 is 5.73 Å². The van der Waals surface area contributed by atoms with E-state index in [-0.39, 0.29) is 11.0 Å². The minimum Gasteiger partial charge on any atom is -0.361 e. The first-order valence-electron chi connectivity index (χ1n) is 4.68. The minimum absolute atomic E-state index is 0.0168. The molecule has 0 aliphatic heterocycles. The van der Waals surface area contributed by atoms with Gasteiger partial charge in [0.2, 0.25) is 0 Å². The third kappa shape index (κ3) is 1.10. The maximum absolute atomic E-state index is 6.22. The van der Waals surface area contributed by atoms with Crippen molar-refractivity contribution in [2.45, 2.75) is 44.6 Å². The Labute approximate surface area is 78.3 Å². The third-order valence-electron chi connectivity index (χ3n) is 3.46. The topological polar surface area (TPSA) is 52.0 Å². The molecule has 0 saturated heterocycles. The van der Waals surface area contributed by atoms with Gasteiger partial charge in [-0.25, -0.2) is 0 Å². The fourth-order valence-corrected chi connectivity index (χ4v) is 1.93. The van der Waals surface area contributed by atoms with Crippen LogP contribution in [0.3, 0.4) is 0 Å². The van der Waals surface area contributed by atoms with E-state index in [4.69, 9.17) is 10.3 Å². The second-order valence-corrected chi connectivity index (χ2v) is 4.58. The summed E-state index contributed by atoms with van der Waals surface area (Å²) in [6.07, 6.45) is 4.00. The third-order valence-corrected chi connectivity index (χ3v) is 3.46. The molecule has 1 heterocycles. The summed E-state index contributed by atoms with van der Waals surface area (Å²) >= 11 is 0. The van der Waals surface area contributed by atoms with Gasteiger partial charge in [-0.2, -0.15) is 0 Å². The van der Waals surface area contributed by atoms with Crippen molar-refractivity contribution in [3.05, 3.63) is 17.5 Å². The lowest BCUT2D eigenvalue weighted by atomic mass is 9.76. The van der Waals surface area contributed by atoms with Crippen molar-refractivity contribution in [3.63, 3.8) is 0 Å². The predicted molar refractivity (Wildman–Crippen MR) is 50.4 cm³/mol. The Bertz CT molecular complexity index is 323. The average Bonchev–Trinajstić information content (AvgIpc) is 2.63. The second kappa shape index (κ2) is 2.35. The molecule has 0 radical (unpaired) electrons. The molecule has 1 saturated carbocycles. The van der Waals surface area contributed by atoms with E-state index in [9.17, 15) is 0 Å². The van der Waals surface area contributed by atoms with E-state index in [2.05, 4.69) is 19.0 Å². The van der Waals surface area contributed by atoms with Gasteiger partial charge in [0.15, 0.2) is 0 Å². The molecule has 3 heteroatoms. The Morgan fingerprint density at radius 1 is 1.54 bits per heavy atom. The van der Waals surface area contributed by atoms with Gasteiger partial charge in [0.05, 0.1) is 6.20 Å². The molecule has 2 N–H and O–H groups in total. The van der Waals surface area contributed by atoms with Crippen LogP contribution in [0.5, 0.6) is 0 Å². The zero-order valence-corrected chi connectivity index (χ0v) is 8.42. The van der Waals surface area contributed by atoms with Crippen LogP contribution in [0.15, 0.2) is 10.7 Å². The Hall–Kier alpha value is -0.830. The van der Waals surface area contributed by atoms with Gasteiger partial charge in [-0.15, -0.1) is 0 Å². The molecule has 1 aliphatic rings. The monoisotopic (exact) mass is 180 g/mol. The summed E-state index contributed by atoms with van der Waals surface area (Å²) in [7, 11) is 0. The van der Waals surface area contributed by atoms with Gasteiger partial charge >= 0.3 is 0 Å². The second-order valence-electron chi connectivity index (χ2n) is 4.58. The first-order chi connectivity index (χ1) is 5.97. The molecule has 1 aliphatic carbocycles. The van der Waals surface area contributed by atoms with Crippen LogP contribution in [0.4, 0.5) is 0 Å². The highest BCUT2D eigenvalue weighted by Gasteiger charge is 2.53. The molecule has 0 aromatic carbocycles. The quantitative estimate of drug-likeness (QED) is 0.754. The largest absolute Gasteiger partial charge is 0.361 e.